The Morgan fingerprint density at radius 3 is 2.38 bits per heavy atom. The van der Waals surface area contributed by atoms with Gasteiger partial charge in [0.2, 0.25) is 5.78 Å². The van der Waals surface area contributed by atoms with Crippen LogP contribution in [0.2, 0.25) is 0 Å². The molecule has 3 aromatic rings. The van der Waals surface area contributed by atoms with Crippen molar-refractivity contribution in [1.82, 2.24) is 0 Å². The van der Waals surface area contributed by atoms with E-state index in [1.807, 2.05) is 36.4 Å². The monoisotopic (exact) mass is 458 g/mol. The smallest absolute Gasteiger partial charge is 0.312 e. The minimum Gasteiger partial charge on any atom is -0.496 e. The van der Waals surface area contributed by atoms with Crippen molar-refractivity contribution in [1.29, 1.82) is 0 Å². The molecule has 172 valence electrons. The third-order valence-electron chi connectivity index (χ3n) is 6.02. The summed E-state index contributed by atoms with van der Waals surface area (Å²) < 4.78 is 27.8. The zero-order chi connectivity index (χ0) is 23.8. The maximum Gasteiger partial charge on any atom is 0.312 e. The Morgan fingerprint density at radius 1 is 0.853 bits per heavy atom. The number of benzene rings is 3. The summed E-state index contributed by atoms with van der Waals surface area (Å²) in [6.45, 7) is 0. The zero-order valence-corrected chi connectivity index (χ0v) is 18.9. The van der Waals surface area contributed by atoms with Gasteiger partial charge in [0.25, 0.3) is 0 Å². The van der Waals surface area contributed by atoms with Crippen LogP contribution in [0, 0.1) is 0 Å². The van der Waals surface area contributed by atoms with Crippen LogP contribution in [0.4, 0.5) is 0 Å². The summed E-state index contributed by atoms with van der Waals surface area (Å²) in [4.78, 5) is 25.6. The summed E-state index contributed by atoms with van der Waals surface area (Å²) in [5.41, 5.74) is 2.62. The van der Waals surface area contributed by atoms with Gasteiger partial charge in [0.1, 0.15) is 17.2 Å². The van der Waals surface area contributed by atoms with Gasteiger partial charge in [0.15, 0.2) is 17.3 Å². The van der Waals surface area contributed by atoms with Crippen LogP contribution in [0.25, 0.3) is 6.08 Å². The molecule has 2 heterocycles. The second-order valence-corrected chi connectivity index (χ2v) is 7.88. The van der Waals surface area contributed by atoms with Crippen LogP contribution >= 0.6 is 0 Å². The number of para-hydroxylation sites is 1. The molecule has 3 aromatic carbocycles. The molecule has 0 saturated heterocycles. The second-order valence-electron chi connectivity index (χ2n) is 7.88. The van der Waals surface area contributed by atoms with Crippen molar-refractivity contribution in [2.75, 3.05) is 21.3 Å². The Balaban J connectivity index is 1.61. The largest absolute Gasteiger partial charge is 0.496 e. The minimum atomic E-state index is -0.385. The van der Waals surface area contributed by atoms with E-state index in [-0.39, 0.29) is 29.9 Å². The average molecular weight is 458 g/mol. The fourth-order valence-electron chi connectivity index (χ4n) is 4.39. The van der Waals surface area contributed by atoms with Crippen molar-refractivity contribution in [3.05, 3.63) is 82.6 Å². The molecule has 0 radical (unpaired) electrons. The maximum absolute atomic E-state index is 13.2. The maximum atomic E-state index is 13.2. The highest BCUT2D eigenvalue weighted by molar-refractivity contribution is 6.15. The van der Waals surface area contributed by atoms with Crippen LogP contribution in [-0.2, 0) is 4.79 Å². The molecular weight excluding hydrogens is 436 g/mol. The normalized spacial score (nSPS) is 17.5. The van der Waals surface area contributed by atoms with E-state index in [0.29, 0.717) is 39.9 Å². The highest BCUT2D eigenvalue weighted by Crippen LogP contribution is 2.49. The van der Waals surface area contributed by atoms with Crippen LogP contribution in [-0.4, -0.2) is 33.1 Å². The molecule has 0 amide bonds. The average Bonchev–Trinajstić information content (AvgIpc) is 3.18. The molecule has 0 unspecified atom stereocenters. The van der Waals surface area contributed by atoms with Crippen LogP contribution < -0.4 is 23.7 Å². The number of esters is 1. The van der Waals surface area contributed by atoms with E-state index >= 15 is 0 Å². The fraction of sp³-hybridized carbons (Fsp3) is 0.185. The van der Waals surface area contributed by atoms with Gasteiger partial charge in [0.05, 0.1) is 33.3 Å². The molecule has 0 aliphatic carbocycles. The first-order valence-corrected chi connectivity index (χ1v) is 10.7. The standard InChI is InChI=1S/C27H22O7/c1-30-19-7-5-4-6-16(19)13-23-26(29)17-9-11-21-25(27(17)34-23)18(14-24(28)33-21)15-8-10-20(31-2)22(12-15)32-3/h4-13,18H,14H2,1-3H3/b23-13-/t18-/m1/s1. The summed E-state index contributed by atoms with van der Waals surface area (Å²) >= 11 is 0. The quantitative estimate of drug-likeness (QED) is 0.310. The number of allylic oxidation sites excluding steroid dienone is 1. The van der Waals surface area contributed by atoms with Gasteiger partial charge in [-0.05, 0) is 42.0 Å². The van der Waals surface area contributed by atoms with Gasteiger partial charge in [-0.3, -0.25) is 9.59 Å². The molecule has 0 saturated carbocycles. The van der Waals surface area contributed by atoms with Gasteiger partial charge in [-0.1, -0.05) is 24.3 Å². The Bertz CT molecular complexity index is 1340. The van der Waals surface area contributed by atoms with Crippen LogP contribution in [0.15, 0.2) is 60.4 Å². The number of fused-ring (bicyclic) bond motifs is 3. The Labute approximate surface area is 196 Å². The first kappa shape index (κ1) is 21.6. The topological polar surface area (TPSA) is 80.3 Å². The lowest BCUT2D eigenvalue weighted by Crippen LogP contribution is -2.21. The second kappa shape index (κ2) is 8.59. The van der Waals surface area contributed by atoms with Gasteiger partial charge in [-0.25, -0.2) is 0 Å². The Hall–Kier alpha value is -4.26. The number of hydrogen-bond acceptors (Lipinski definition) is 7. The highest BCUT2D eigenvalue weighted by atomic mass is 16.5. The summed E-state index contributed by atoms with van der Waals surface area (Å²) in [6, 6.07) is 16.1. The molecule has 0 N–H and O–H groups in total. The van der Waals surface area contributed by atoms with Gasteiger partial charge < -0.3 is 23.7 Å². The van der Waals surface area contributed by atoms with E-state index < -0.39 is 0 Å². The summed E-state index contributed by atoms with van der Waals surface area (Å²) in [5.74, 6) is 1.71. The number of ketones is 1. The highest BCUT2D eigenvalue weighted by Gasteiger charge is 2.38. The summed E-state index contributed by atoms with van der Waals surface area (Å²) in [7, 11) is 4.69. The Kier molecular flexibility index (Phi) is 5.45. The number of carbonyl (C=O) groups excluding carboxylic acids is 2. The van der Waals surface area contributed by atoms with E-state index in [0.717, 1.165) is 11.1 Å². The fourth-order valence-corrected chi connectivity index (χ4v) is 4.39. The molecule has 0 spiro atoms. The Morgan fingerprint density at radius 2 is 1.62 bits per heavy atom. The van der Waals surface area contributed by atoms with Gasteiger partial charge in [0, 0.05) is 17.0 Å². The third kappa shape index (κ3) is 3.55. The molecule has 0 bridgehead atoms. The number of Topliss-reactive ketones (excluding diaryl/α,β-unsaturated/α-hetero) is 1. The van der Waals surface area contributed by atoms with Crippen molar-refractivity contribution in [2.45, 2.75) is 12.3 Å². The van der Waals surface area contributed by atoms with E-state index in [4.69, 9.17) is 23.7 Å². The molecule has 7 nitrogen and oxygen atoms in total. The molecule has 5 rings (SSSR count). The summed E-state index contributed by atoms with van der Waals surface area (Å²) in [6.07, 6.45) is 1.76. The van der Waals surface area contributed by atoms with E-state index in [2.05, 4.69) is 0 Å². The predicted octanol–water partition coefficient (Wildman–Crippen LogP) is 4.77. The van der Waals surface area contributed by atoms with Crippen molar-refractivity contribution in [3.8, 4) is 28.7 Å². The van der Waals surface area contributed by atoms with Gasteiger partial charge in [-0.15, -0.1) is 0 Å². The third-order valence-corrected chi connectivity index (χ3v) is 6.02. The van der Waals surface area contributed by atoms with Gasteiger partial charge >= 0.3 is 5.97 Å². The number of rotatable bonds is 5. The van der Waals surface area contributed by atoms with Crippen LogP contribution in [0.1, 0.15) is 39.4 Å². The molecule has 34 heavy (non-hydrogen) atoms. The van der Waals surface area contributed by atoms with Crippen LogP contribution in [0.5, 0.6) is 28.7 Å². The first-order valence-electron chi connectivity index (χ1n) is 10.7. The van der Waals surface area contributed by atoms with Crippen molar-refractivity contribution in [3.63, 3.8) is 0 Å². The molecule has 0 aromatic heterocycles. The van der Waals surface area contributed by atoms with Crippen LogP contribution in [0.3, 0.4) is 0 Å². The lowest BCUT2D eigenvalue weighted by Gasteiger charge is -2.26. The lowest BCUT2D eigenvalue weighted by molar-refractivity contribution is -0.135. The molecule has 7 heteroatoms. The zero-order valence-electron chi connectivity index (χ0n) is 18.9. The molecule has 2 aliphatic rings. The molecule has 1 atom stereocenters. The first-order chi connectivity index (χ1) is 16.5. The molecule has 2 aliphatic heterocycles. The van der Waals surface area contributed by atoms with Crippen molar-refractivity contribution < 1.29 is 33.3 Å². The SMILES string of the molecule is COc1ccccc1/C=C1\Oc2c(ccc3c2[C@@H](c2ccc(OC)c(OC)c2)CC(=O)O3)C1=O. The lowest BCUT2D eigenvalue weighted by atomic mass is 9.84. The predicted molar refractivity (Wildman–Crippen MR) is 124 cm³/mol. The van der Waals surface area contributed by atoms with Crippen molar-refractivity contribution >= 4 is 17.8 Å². The van der Waals surface area contributed by atoms with Crippen molar-refractivity contribution in [2.24, 2.45) is 0 Å². The number of methoxy groups -OCH3 is 3. The number of carbonyl (C=O) groups is 2. The molecular formula is C27H22O7. The number of hydrogen-bond donors (Lipinski definition) is 0. The molecule has 0 fully saturated rings. The van der Waals surface area contributed by atoms with E-state index in [9.17, 15) is 9.59 Å². The van der Waals surface area contributed by atoms with E-state index in [1.54, 1.807) is 45.6 Å². The van der Waals surface area contributed by atoms with E-state index in [1.165, 1.54) is 0 Å². The summed E-state index contributed by atoms with van der Waals surface area (Å²) in [5, 5.41) is 0. The minimum absolute atomic E-state index is 0.0992. The number of ether oxygens (including phenoxy) is 5. The van der Waals surface area contributed by atoms with Gasteiger partial charge in [-0.2, -0.15) is 0 Å².